The lowest BCUT2D eigenvalue weighted by molar-refractivity contribution is 0.231. The minimum absolute atomic E-state index is 0.115. The van der Waals surface area contributed by atoms with E-state index in [1.807, 2.05) is 20.0 Å². The Bertz CT molecular complexity index is 430. The lowest BCUT2D eigenvalue weighted by Crippen LogP contribution is -2.40. The Morgan fingerprint density at radius 3 is 2.76 bits per heavy atom. The summed E-state index contributed by atoms with van der Waals surface area (Å²) in [5, 5.41) is 3.56. The molecule has 2 rings (SSSR count). The van der Waals surface area contributed by atoms with Crippen LogP contribution in [0.4, 0.5) is 5.82 Å². The van der Waals surface area contributed by atoms with E-state index >= 15 is 0 Å². The van der Waals surface area contributed by atoms with Gasteiger partial charge in [-0.05, 0) is 39.2 Å². The molecule has 118 valence electrons. The summed E-state index contributed by atoms with van der Waals surface area (Å²) in [6.07, 6.45) is 6.15. The van der Waals surface area contributed by atoms with E-state index in [2.05, 4.69) is 34.0 Å². The van der Waals surface area contributed by atoms with E-state index in [-0.39, 0.29) is 6.10 Å². The highest BCUT2D eigenvalue weighted by molar-refractivity contribution is 5.38. The van der Waals surface area contributed by atoms with Crippen LogP contribution in [-0.2, 0) is 0 Å². The second-order valence-corrected chi connectivity index (χ2v) is 6.47. The maximum Gasteiger partial charge on any atom is 0.234 e. The molecule has 0 aliphatic carbocycles. The van der Waals surface area contributed by atoms with Crippen LogP contribution in [0.2, 0.25) is 0 Å². The second-order valence-electron chi connectivity index (χ2n) is 6.47. The first kappa shape index (κ1) is 16.0. The number of nitrogens with one attached hydrogen (secondary N) is 1. The van der Waals surface area contributed by atoms with Gasteiger partial charge in [0.25, 0.3) is 0 Å². The number of anilines is 1. The smallest absolute Gasteiger partial charge is 0.234 e. The number of nitrogens with zero attached hydrogens (tertiary/aromatic N) is 3. The van der Waals surface area contributed by atoms with Gasteiger partial charge in [0.05, 0.1) is 18.5 Å². The third kappa shape index (κ3) is 5.16. The van der Waals surface area contributed by atoms with E-state index < -0.39 is 0 Å². The topological polar surface area (TPSA) is 50.3 Å². The van der Waals surface area contributed by atoms with Gasteiger partial charge < -0.3 is 15.0 Å². The molecule has 1 aliphatic heterocycles. The third-order valence-electron chi connectivity index (χ3n) is 3.47. The zero-order valence-electron chi connectivity index (χ0n) is 13.7. The number of hydrogen-bond acceptors (Lipinski definition) is 5. The van der Waals surface area contributed by atoms with Crippen molar-refractivity contribution in [2.45, 2.75) is 52.7 Å². The van der Waals surface area contributed by atoms with Crippen LogP contribution in [0.15, 0.2) is 12.4 Å². The van der Waals surface area contributed by atoms with Gasteiger partial charge in [-0.1, -0.05) is 13.8 Å². The molecule has 1 aliphatic rings. The number of ether oxygens (including phenoxy) is 1. The molecule has 0 spiro atoms. The van der Waals surface area contributed by atoms with Gasteiger partial charge in [-0.2, -0.15) is 4.98 Å². The minimum atomic E-state index is 0.115. The molecule has 0 radical (unpaired) electrons. The average molecular weight is 292 g/mol. The van der Waals surface area contributed by atoms with E-state index in [1.165, 1.54) is 12.8 Å². The van der Waals surface area contributed by atoms with Gasteiger partial charge in [0.15, 0.2) is 5.82 Å². The van der Waals surface area contributed by atoms with E-state index in [1.54, 1.807) is 6.20 Å². The summed E-state index contributed by atoms with van der Waals surface area (Å²) in [4.78, 5) is 11.2. The van der Waals surface area contributed by atoms with Gasteiger partial charge in [0, 0.05) is 19.1 Å². The van der Waals surface area contributed by atoms with Gasteiger partial charge in [-0.25, -0.2) is 0 Å². The van der Waals surface area contributed by atoms with Crippen LogP contribution in [0.25, 0.3) is 0 Å². The van der Waals surface area contributed by atoms with Crippen LogP contribution in [-0.4, -0.2) is 41.7 Å². The van der Waals surface area contributed by atoms with E-state index in [4.69, 9.17) is 4.74 Å². The first-order valence-electron chi connectivity index (χ1n) is 8.01. The van der Waals surface area contributed by atoms with Crippen LogP contribution >= 0.6 is 0 Å². The summed E-state index contributed by atoms with van der Waals surface area (Å²) in [6.45, 7) is 11.6. The van der Waals surface area contributed by atoms with E-state index in [0.717, 1.165) is 25.5 Å². The quantitative estimate of drug-likeness (QED) is 0.836. The lowest BCUT2D eigenvalue weighted by atomic mass is 10.1. The molecule has 5 nitrogen and oxygen atoms in total. The standard InChI is InChI=1S/C16H28N4O/c1-12(2)10-20(11-14-6-5-7-18-14)15-8-17-9-16(19-15)21-13(3)4/h8-9,12-14,18H,5-7,10-11H2,1-4H3. The highest BCUT2D eigenvalue weighted by atomic mass is 16.5. The minimum Gasteiger partial charge on any atom is -0.474 e. The van der Waals surface area contributed by atoms with Gasteiger partial charge in [-0.3, -0.25) is 4.98 Å². The van der Waals surface area contributed by atoms with E-state index in [9.17, 15) is 0 Å². The van der Waals surface area contributed by atoms with Crippen LogP contribution < -0.4 is 15.0 Å². The molecular weight excluding hydrogens is 264 g/mol. The maximum atomic E-state index is 5.66. The molecule has 1 aromatic heterocycles. The molecule has 0 amide bonds. The van der Waals surface area contributed by atoms with Crippen LogP contribution in [0.3, 0.4) is 0 Å². The Balaban J connectivity index is 2.10. The molecule has 0 saturated carbocycles. The van der Waals surface area contributed by atoms with Crippen molar-refractivity contribution in [3.8, 4) is 5.88 Å². The van der Waals surface area contributed by atoms with Crippen molar-refractivity contribution in [1.82, 2.24) is 15.3 Å². The van der Waals surface area contributed by atoms with Crippen LogP contribution in [0.1, 0.15) is 40.5 Å². The SMILES string of the molecule is CC(C)CN(CC1CCCN1)c1cncc(OC(C)C)n1. The van der Waals surface area contributed by atoms with Crippen molar-refractivity contribution in [3.63, 3.8) is 0 Å². The molecule has 1 aromatic rings. The number of rotatable bonds is 7. The van der Waals surface area contributed by atoms with Crippen molar-refractivity contribution in [1.29, 1.82) is 0 Å². The van der Waals surface area contributed by atoms with E-state index in [0.29, 0.717) is 17.8 Å². The highest BCUT2D eigenvalue weighted by Gasteiger charge is 2.20. The molecule has 2 heterocycles. The zero-order valence-corrected chi connectivity index (χ0v) is 13.7. The normalized spacial score (nSPS) is 18.5. The van der Waals surface area contributed by atoms with Crippen molar-refractivity contribution in [2.24, 2.45) is 5.92 Å². The monoisotopic (exact) mass is 292 g/mol. The molecule has 1 fully saturated rings. The van der Waals surface area contributed by atoms with Gasteiger partial charge in [0.1, 0.15) is 0 Å². The molecule has 1 unspecified atom stereocenters. The van der Waals surface area contributed by atoms with Crippen molar-refractivity contribution in [2.75, 3.05) is 24.5 Å². The van der Waals surface area contributed by atoms with Crippen molar-refractivity contribution >= 4 is 5.82 Å². The molecular formula is C16H28N4O. The molecule has 0 aromatic carbocycles. The fourth-order valence-corrected chi connectivity index (χ4v) is 2.67. The Morgan fingerprint density at radius 1 is 1.33 bits per heavy atom. The summed E-state index contributed by atoms with van der Waals surface area (Å²) in [6, 6.07) is 0.556. The summed E-state index contributed by atoms with van der Waals surface area (Å²) in [5.41, 5.74) is 0. The third-order valence-corrected chi connectivity index (χ3v) is 3.47. The number of hydrogen-bond donors (Lipinski definition) is 1. The Hall–Kier alpha value is -1.36. The average Bonchev–Trinajstić information content (AvgIpc) is 2.90. The predicted molar refractivity (Wildman–Crippen MR) is 85.9 cm³/mol. The number of aromatic nitrogens is 2. The van der Waals surface area contributed by atoms with Gasteiger partial charge in [-0.15, -0.1) is 0 Å². The van der Waals surface area contributed by atoms with Gasteiger partial charge >= 0.3 is 0 Å². The molecule has 5 heteroatoms. The first-order valence-corrected chi connectivity index (χ1v) is 8.01. The zero-order chi connectivity index (χ0) is 15.2. The van der Waals surface area contributed by atoms with Crippen molar-refractivity contribution in [3.05, 3.63) is 12.4 Å². The molecule has 1 N–H and O–H groups in total. The summed E-state index contributed by atoms with van der Waals surface area (Å²) in [7, 11) is 0. The lowest BCUT2D eigenvalue weighted by Gasteiger charge is -2.28. The Kier molecular flexibility index (Phi) is 5.79. The first-order chi connectivity index (χ1) is 10.0. The maximum absolute atomic E-state index is 5.66. The summed E-state index contributed by atoms with van der Waals surface area (Å²) >= 11 is 0. The van der Waals surface area contributed by atoms with Gasteiger partial charge in [0.2, 0.25) is 5.88 Å². The predicted octanol–water partition coefficient (Wildman–Crippen LogP) is 2.48. The summed E-state index contributed by atoms with van der Waals surface area (Å²) < 4.78 is 5.66. The Labute approximate surface area is 128 Å². The Morgan fingerprint density at radius 2 is 2.14 bits per heavy atom. The molecule has 1 saturated heterocycles. The van der Waals surface area contributed by atoms with Crippen molar-refractivity contribution < 1.29 is 4.74 Å². The summed E-state index contributed by atoms with van der Waals surface area (Å²) in [5.74, 6) is 2.11. The van der Waals surface area contributed by atoms with Crippen LogP contribution in [0, 0.1) is 5.92 Å². The van der Waals surface area contributed by atoms with Crippen LogP contribution in [0.5, 0.6) is 5.88 Å². The fraction of sp³-hybridized carbons (Fsp3) is 0.750. The second kappa shape index (κ2) is 7.59. The largest absolute Gasteiger partial charge is 0.474 e. The molecule has 1 atom stereocenters. The molecule has 21 heavy (non-hydrogen) atoms. The highest BCUT2D eigenvalue weighted by Crippen LogP contribution is 2.18. The molecule has 0 bridgehead atoms. The fourth-order valence-electron chi connectivity index (χ4n) is 2.67.